The molecule has 16 heavy (non-hydrogen) atoms. The third kappa shape index (κ3) is 1.80. The first kappa shape index (κ1) is 9.77. The van der Waals surface area contributed by atoms with Crippen molar-refractivity contribution in [2.24, 2.45) is 5.92 Å². The van der Waals surface area contributed by atoms with E-state index in [1.807, 2.05) is 12.1 Å². The van der Waals surface area contributed by atoms with Gasteiger partial charge in [0.05, 0.1) is 0 Å². The van der Waals surface area contributed by atoms with Gasteiger partial charge in [0.15, 0.2) is 5.65 Å². The molecule has 6 heteroatoms. The second-order valence-electron chi connectivity index (χ2n) is 3.85. The maximum Gasteiger partial charge on any atom is 0.249 e. The molecule has 0 aromatic carbocycles. The Morgan fingerprint density at radius 1 is 1.56 bits per heavy atom. The zero-order valence-electron chi connectivity index (χ0n) is 8.35. The summed E-state index contributed by atoms with van der Waals surface area (Å²) in [6.45, 7) is 0. The number of aromatic nitrogens is 3. The molecule has 0 aliphatic heterocycles. The number of nitrogens with one attached hydrogen (secondary N) is 1. The van der Waals surface area contributed by atoms with Crippen LogP contribution in [0, 0.1) is 5.92 Å². The summed E-state index contributed by atoms with van der Waals surface area (Å²) in [6, 6.07) is 3.72. The lowest BCUT2D eigenvalue weighted by atomic mass is 10.4. The molecule has 2 heterocycles. The monoisotopic (exact) mass is 280 g/mol. The Morgan fingerprint density at radius 3 is 3.12 bits per heavy atom. The van der Waals surface area contributed by atoms with Gasteiger partial charge in [0, 0.05) is 16.6 Å². The van der Waals surface area contributed by atoms with Crippen molar-refractivity contribution in [2.75, 3.05) is 5.32 Å². The van der Waals surface area contributed by atoms with E-state index >= 15 is 0 Å². The first-order valence-electron chi connectivity index (χ1n) is 5.05. The molecule has 1 fully saturated rings. The SMILES string of the molecule is O=C(Nc1nc2cc(Br)ccn2n1)C1CC1. The summed E-state index contributed by atoms with van der Waals surface area (Å²) in [7, 11) is 0. The minimum absolute atomic E-state index is 0.0231. The van der Waals surface area contributed by atoms with Crippen LogP contribution in [-0.2, 0) is 4.79 Å². The molecule has 2 aromatic heterocycles. The summed E-state index contributed by atoms with van der Waals surface area (Å²) < 4.78 is 2.57. The normalized spacial score (nSPS) is 15.3. The second-order valence-corrected chi connectivity index (χ2v) is 4.76. The number of anilines is 1. The standard InChI is InChI=1S/C10H9BrN4O/c11-7-3-4-15-8(5-7)12-10(14-15)13-9(16)6-1-2-6/h3-6H,1-2H2,(H,13,14,16). The smallest absolute Gasteiger partial charge is 0.249 e. The number of fused-ring (bicyclic) bond motifs is 1. The second kappa shape index (κ2) is 3.55. The maximum atomic E-state index is 11.5. The summed E-state index contributed by atoms with van der Waals surface area (Å²) >= 11 is 3.36. The van der Waals surface area contributed by atoms with Crippen LogP contribution in [0.1, 0.15) is 12.8 Å². The number of carbonyl (C=O) groups excluding carboxylic acids is 1. The van der Waals surface area contributed by atoms with Gasteiger partial charge in [-0.3, -0.25) is 10.1 Å². The van der Waals surface area contributed by atoms with Gasteiger partial charge < -0.3 is 0 Å². The molecule has 1 N–H and O–H groups in total. The third-order valence-corrected chi connectivity index (χ3v) is 2.98. The van der Waals surface area contributed by atoms with Crippen LogP contribution in [0.2, 0.25) is 0 Å². The van der Waals surface area contributed by atoms with Gasteiger partial charge in [-0.15, -0.1) is 5.10 Å². The minimum atomic E-state index is 0.0231. The zero-order chi connectivity index (χ0) is 11.1. The van der Waals surface area contributed by atoms with Crippen molar-refractivity contribution in [3.05, 3.63) is 22.8 Å². The van der Waals surface area contributed by atoms with Crippen LogP contribution in [0.3, 0.4) is 0 Å². The van der Waals surface area contributed by atoms with Crippen LogP contribution >= 0.6 is 15.9 Å². The largest absolute Gasteiger partial charge is 0.293 e. The predicted molar refractivity (Wildman–Crippen MR) is 62.0 cm³/mol. The lowest BCUT2D eigenvalue weighted by Crippen LogP contribution is -2.14. The lowest BCUT2D eigenvalue weighted by Gasteiger charge is -1.95. The van der Waals surface area contributed by atoms with E-state index in [-0.39, 0.29) is 11.8 Å². The molecule has 0 radical (unpaired) electrons. The average molecular weight is 281 g/mol. The molecule has 2 aromatic rings. The van der Waals surface area contributed by atoms with Crippen molar-refractivity contribution < 1.29 is 4.79 Å². The summed E-state index contributed by atoms with van der Waals surface area (Å²) in [5.74, 6) is 0.559. The van der Waals surface area contributed by atoms with Crippen LogP contribution < -0.4 is 5.32 Å². The average Bonchev–Trinajstić information content (AvgIpc) is 3.00. The lowest BCUT2D eigenvalue weighted by molar-refractivity contribution is -0.117. The Hall–Kier alpha value is -1.43. The van der Waals surface area contributed by atoms with Crippen molar-refractivity contribution in [2.45, 2.75) is 12.8 Å². The molecule has 0 spiro atoms. The van der Waals surface area contributed by atoms with Crippen molar-refractivity contribution >= 4 is 33.4 Å². The number of rotatable bonds is 2. The number of hydrogen-bond donors (Lipinski definition) is 1. The van der Waals surface area contributed by atoms with Gasteiger partial charge in [-0.05, 0) is 25.0 Å². The quantitative estimate of drug-likeness (QED) is 0.913. The van der Waals surface area contributed by atoms with Crippen molar-refractivity contribution in [3.8, 4) is 0 Å². The molecule has 3 rings (SSSR count). The number of amides is 1. The van der Waals surface area contributed by atoms with Crippen LogP contribution in [0.5, 0.6) is 0 Å². The molecule has 1 amide bonds. The summed E-state index contributed by atoms with van der Waals surface area (Å²) in [6.07, 6.45) is 3.74. The molecule has 0 saturated heterocycles. The van der Waals surface area contributed by atoms with Crippen LogP contribution in [-0.4, -0.2) is 20.5 Å². The fourth-order valence-electron chi connectivity index (χ4n) is 1.47. The van der Waals surface area contributed by atoms with E-state index < -0.39 is 0 Å². The highest BCUT2D eigenvalue weighted by molar-refractivity contribution is 9.10. The molecule has 5 nitrogen and oxygen atoms in total. The zero-order valence-corrected chi connectivity index (χ0v) is 9.94. The Morgan fingerprint density at radius 2 is 2.38 bits per heavy atom. The fraction of sp³-hybridized carbons (Fsp3) is 0.300. The van der Waals surface area contributed by atoms with Gasteiger partial charge in [-0.2, -0.15) is 4.98 Å². The molecular formula is C10H9BrN4O. The summed E-state index contributed by atoms with van der Waals surface area (Å²) in [4.78, 5) is 15.7. The molecule has 0 atom stereocenters. The van der Waals surface area contributed by atoms with Gasteiger partial charge in [0.25, 0.3) is 0 Å². The molecule has 1 saturated carbocycles. The molecule has 0 bridgehead atoms. The molecule has 0 unspecified atom stereocenters. The van der Waals surface area contributed by atoms with Gasteiger partial charge >= 0.3 is 0 Å². The molecule has 1 aliphatic rings. The number of carbonyl (C=O) groups is 1. The topological polar surface area (TPSA) is 59.3 Å². The molecular weight excluding hydrogens is 272 g/mol. The van der Waals surface area contributed by atoms with Crippen LogP contribution in [0.15, 0.2) is 22.8 Å². The molecule has 1 aliphatic carbocycles. The van der Waals surface area contributed by atoms with E-state index in [0.717, 1.165) is 17.3 Å². The van der Waals surface area contributed by atoms with E-state index in [0.29, 0.717) is 11.6 Å². The van der Waals surface area contributed by atoms with Gasteiger partial charge in [0.1, 0.15) is 0 Å². The fourth-order valence-corrected chi connectivity index (χ4v) is 1.79. The Labute approximate surface area is 100.0 Å². The highest BCUT2D eigenvalue weighted by atomic mass is 79.9. The Balaban J connectivity index is 1.89. The van der Waals surface area contributed by atoms with Crippen LogP contribution in [0.4, 0.5) is 5.95 Å². The van der Waals surface area contributed by atoms with Gasteiger partial charge in [0.2, 0.25) is 11.9 Å². The van der Waals surface area contributed by atoms with Crippen molar-refractivity contribution in [3.63, 3.8) is 0 Å². The van der Waals surface area contributed by atoms with Crippen LogP contribution in [0.25, 0.3) is 5.65 Å². The predicted octanol–water partition coefficient (Wildman–Crippen LogP) is 1.84. The number of nitrogens with zero attached hydrogens (tertiary/aromatic N) is 3. The Bertz CT molecular complexity index is 561. The van der Waals surface area contributed by atoms with E-state index in [4.69, 9.17) is 0 Å². The van der Waals surface area contributed by atoms with E-state index in [1.54, 1.807) is 10.7 Å². The highest BCUT2D eigenvalue weighted by Crippen LogP contribution is 2.29. The summed E-state index contributed by atoms with van der Waals surface area (Å²) in [5.41, 5.74) is 0.709. The van der Waals surface area contributed by atoms with Gasteiger partial charge in [-0.25, -0.2) is 4.52 Å². The van der Waals surface area contributed by atoms with Crippen molar-refractivity contribution in [1.29, 1.82) is 0 Å². The number of halogens is 1. The van der Waals surface area contributed by atoms with Crippen molar-refractivity contribution in [1.82, 2.24) is 14.6 Å². The molecule has 82 valence electrons. The number of pyridine rings is 1. The van der Waals surface area contributed by atoms with E-state index in [2.05, 4.69) is 31.3 Å². The van der Waals surface area contributed by atoms with E-state index in [9.17, 15) is 4.79 Å². The first-order chi connectivity index (χ1) is 7.72. The van der Waals surface area contributed by atoms with Gasteiger partial charge in [-0.1, -0.05) is 15.9 Å². The first-order valence-corrected chi connectivity index (χ1v) is 5.84. The number of hydrogen-bond acceptors (Lipinski definition) is 3. The maximum absolute atomic E-state index is 11.5. The van der Waals surface area contributed by atoms with E-state index in [1.165, 1.54) is 0 Å². The summed E-state index contributed by atoms with van der Waals surface area (Å²) in [5, 5.41) is 6.87. The Kier molecular flexibility index (Phi) is 2.17. The highest BCUT2D eigenvalue weighted by Gasteiger charge is 2.30. The minimum Gasteiger partial charge on any atom is -0.293 e. The third-order valence-electron chi connectivity index (χ3n) is 2.48.